The number of ether oxygens (including phenoxy) is 1. The van der Waals surface area contributed by atoms with Gasteiger partial charge in [-0.05, 0) is 58.4 Å². The fourth-order valence-corrected chi connectivity index (χ4v) is 4.57. The number of aliphatic carboxylic acids is 1. The molecule has 4 nitrogen and oxygen atoms in total. The van der Waals surface area contributed by atoms with Crippen LogP contribution in [-0.2, 0) is 9.59 Å². The Kier molecular flexibility index (Phi) is 8.89. The Morgan fingerprint density at radius 1 is 0.658 bits per heavy atom. The number of rotatable bonds is 10. The molecule has 0 saturated carbocycles. The predicted octanol–water partition coefficient (Wildman–Crippen LogP) is 7.74. The monoisotopic (exact) mass is 504 g/mol. The first-order valence-corrected chi connectivity index (χ1v) is 12.9. The molecule has 4 aromatic carbocycles. The van der Waals surface area contributed by atoms with Crippen molar-refractivity contribution in [2.24, 2.45) is 11.8 Å². The van der Waals surface area contributed by atoms with Crippen molar-refractivity contribution in [3.05, 3.63) is 138 Å². The lowest BCUT2D eigenvalue weighted by atomic mass is 9.86. The lowest BCUT2D eigenvalue weighted by Crippen LogP contribution is -2.24. The van der Waals surface area contributed by atoms with Crippen LogP contribution in [-0.4, -0.2) is 17.0 Å². The second-order valence-electron chi connectivity index (χ2n) is 9.37. The fourth-order valence-electron chi connectivity index (χ4n) is 4.57. The minimum Gasteiger partial charge on any atom is -0.481 e. The standard InChI is InChI=1S/C34H32O4/c1-3-25(23-24(2)33(35)36)34(37)38-30-21-19-29(20-22-30)32(28-17-11-6-12-18-28)31(26-13-7-4-8-14-26)27-15-9-5-10-16-27/h4-22,24-25H,3,23H2,1-2H3,(H,35,36). The van der Waals surface area contributed by atoms with E-state index < -0.39 is 23.8 Å². The normalized spacial score (nSPS) is 12.3. The molecule has 0 aliphatic heterocycles. The Balaban J connectivity index is 1.74. The topological polar surface area (TPSA) is 63.6 Å². The maximum Gasteiger partial charge on any atom is 0.314 e. The van der Waals surface area contributed by atoms with Crippen LogP contribution in [0, 0.1) is 11.8 Å². The molecule has 2 unspecified atom stereocenters. The highest BCUT2D eigenvalue weighted by molar-refractivity contribution is 6.04. The molecular weight excluding hydrogens is 472 g/mol. The van der Waals surface area contributed by atoms with Crippen molar-refractivity contribution in [3.8, 4) is 5.75 Å². The number of carboxylic acid groups (broad SMARTS) is 1. The van der Waals surface area contributed by atoms with Gasteiger partial charge in [-0.1, -0.05) is 117 Å². The Morgan fingerprint density at radius 3 is 1.42 bits per heavy atom. The third kappa shape index (κ3) is 6.46. The van der Waals surface area contributed by atoms with Crippen LogP contribution in [0.2, 0.25) is 0 Å². The molecule has 0 amide bonds. The van der Waals surface area contributed by atoms with Gasteiger partial charge in [0.05, 0.1) is 11.8 Å². The molecule has 0 aliphatic carbocycles. The third-order valence-corrected chi connectivity index (χ3v) is 6.68. The number of benzene rings is 4. The molecule has 0 aromatic heterocycles. The van der Waals surface area contributed by atoms with Crippen molar-refractivity contribution in [1.29, 1.82) is 0 Å². The Bertz CT molecular complexity index is 1330. The second kappa shape index (κ2) is 12.7. The van der Waals surface area contributed by atoms with E-state index >= 15 is 0 Å². The minimum absolute atomic E-state index is 0.251. The van der Waals surface area contributed by atoms with Gasteiger partial charge in [0.2, 0.25) is 0 Å². The van der Waals surface area contributed by atoms with E-state index in [9.17, 15) is 14.7 Å². The molecule has 192 valence electrons. The van der Waals surface area contributed by atoms with Crippen LogP contribution < -0.4 is 4.74 Å². The van der Waals surface area contributed by atoms with Crippen molar-refractivity contribution in [3.63, 3.8) is 0 Å². The van der Waals surface area contributed by atoms with Crippen molar-refractivity contribution < 1.29 is 19.4 Å². The number of carbonyl (C=O) groups excluding carboxylic acids is 1. The molecular formula is C34H32O4. The summed E-state index contributed by atoms with van der Waals surface area (Å²) in [6, 6.07) is 38.5. The Hall–Kier alpha value is -4.44. The summed E-state index contributed by atoms with van der Waals surface area (Å²) in [4.78, 5) is 24.0. The summed E-state index contributed by atoms with van der Waals surface area (Å²) in [6.07, 6.45) is 0.772. The summed E-state index contributed by atoms with van der Waals surface area (Å²) in [6.45, 7) is 3.48. The summed E-state index contributed by atoms with van der Waals surface area (Å²) >= 11 is 0. The van der Waals surface area contributed by atoms with Crippen LogP contribution in [0.15, 0.2) is 115 Å². The number of carbonyl (C=O) groups is 2. The first-order chi connectivity index (χ1) is 18.5. The smallest absolute Gasteiger partial charge is 0.314 e. The molecule has 0 aliphatic rings. The van der Waals surface area contributed by atoms with E-state index in [1.165, 1.54) is 0 Å². The Labute approximate surface area is 224 Å². The zero-order chi connectivity index (χ0) is 26.9. The van der Waals surface area contributed by atoms with E-state index in [0.717, 1.165) is 33.4 Å². The van der Waals surface area contributed by atoms with Crippen molar-refractivity contribution in [2.75, 3.05) is 0 Å². The second-order valence-corrected chi connectivity index (χ2v) is 9.37. The van der Waals surface area contributed by atoms with E-state index in [2.05, 4.69) is 36.4 Å². The Morgan fingerprint density at radius 2 is 1.05 bits per heavy atom. The molecule has 4 aromatic rings. The van der Waals surface area contributed by atoms with Crippen LogP contribution in [0.5, 0.6) is 5.75 Å². The summed E-state index contributed by atoms with van der Waals surface area (Å²) in [5.74, 6) is -1.95. The van der Waals surface area contributed by atoms with Gasteiger partial charge < -0.3 is 9.84 Å². The van der Waals surface area contributed by atoms with Gasteiger partial charge >= 0.3 is 11.9 Å². The predicted molar refractivity (Wildman–Crippen MR) is 152 cm³/mol. The summed E-state index contributed by atoms with van der Waals surface area (Å²) < 4.78 is 5.67. The maximum atomic E-state index is 12.8. The van der Waals surface area contributed by atoms with E-state index in [0.29, 0.717) is 12.2 Å². The van der Waals surface area contributed by atoms with Gasteiger partial charge in [-0.15, -0.1) is 0 Å². The molecule has 2 atom stereocenters. The minimum atomic E-state index is -0.909. The van der Waals surface area contributed by atoms with Gasteiger partial charge in [0.1, 0.15) is 5.75 Å². The average molecular weight is 505 g/mol. The highest BCUT2D eigenvalue weighted by Crippen LogP contribution is 2.37. The van der Waals surface area contributed by atoms with Gasteiger partial charge in [0, 0.05) is 0 Å². The first kappa shape index (κ1) is 26.6. The van der Waals surface area contributed by atoms with E-state index in [4.69, 9.17) is 4.74 Å². The van der Waals surface area contributed by atoms with Gasteiger partial charge in [0.25, 0.3) is 0 Å². The SMILES string of the molecule is CCC(CC(C)C(=O)O)C(=O)Oc1ccc(C(=C(c2ccccc2)c2ccccc2)c2ccccc2)cc1. The highest BCUT2D eigenvalue weighted by atomic mass is 16.5. The summed E-state index contributed by atoms with van der Waals surface area (Å²) in [7, 11) is 0. The average Bonchev–Trinajstić information content (AvgIpc) is 2.96. The fraction of sp³-hybridized carbons (Fsp3) is 0.176. The van der Waals surface area contributed by atoms with Crippen LogP contribution in [0.25, 0.3) is 11.1 Å². The van der Waals surface area contributed by atoms with Crippen molar-refractivity contribution in [1.82, 2.24) is 0 Å². The van der Waals surface area contributed by atoms with Crippen molar-refractivity contribution >= 4 is 23.1 Å². The molecule has 0 heterocycles. The number of carboxylic acids is 1. The maximum absolute atomic E-state index is 12.8. The number of hydrogen-bond donors (Lipinski definition) is 1. The number of esters is 1. The van der Waals surface area contributed by atoms with Gasteiger partial charge in [-0.25, -0.2) is 0 Å². The molecule has 4 rings (SSSR count). The summed E-state index contributed by atoms with van der Waals surface area (Å²) in [5.41, 5.74) is 6.45. The van der Waals surface area contributed by atoms with E-state index in [-0.39, 0.29) is 6.42 Å². The molecule has 1 N–H and O–H groups in total. The first-order valence-electron chi connectivity index (χ1n) is 12.9. The molecule has 0 saturated heterocycles. The van der Waals surface area contributed by atoms with E-state index in [1.807, 2.05) is 73.7 Å². The molecule has 0 radical (unpaired) electrons. The molecule has 38 heavy (non-hydrogen) atoms. The van der Waals surface area contributed by atoms with Gasteiger partial charge in [-0.2, -0.15) is 0 Å². The zero-order valence-corrected chi connectivity index (χ0v) is 21.7. The molecule has 0 spiro atoms. The quantitative estimate of drug-likeness (QED) is 0.136. The lowest BCUT2D eigenvalue weighted by Gasteiger charge is -2.19. The van der Waals surface area contributed by atoms with E-state index in [1.54, 1.807) is 19.1 Å². The summed E-state index contributed by atoms with van der Waals surface area (Å²) in [5, 5.41) is 9.23. The lowest BCUT2D eigenvalue weighted by molar-refractivity contribution is -0.144. The third-order valence-electron chi connectivity index (χ3n) is 6.68. The molecule has 4 heteroatoms. The van der Waals surface area contributed by atoms with Crippen LogP contribution in [0.3, 0.4) is 0 Å². The van der Waals surface area contributed by atoms with Gasteiger partial charge in [-0.3, -0.25) is 9.59 Å². The number of hydrogen-bond acceptors (Lipinski definition) is 3. The largest absolute Gasteiger partial charge is 0.481 e. The van der Waals surface area contributed by atoms with Crippen LogP contribution in [0.1, 0.15) is 48.9 Å². The van der Waals surface area contributed by atoms with Crippen LogP contribution in [0.4, 0.5) is 0 Å². The zero-order valence-electron chi connectivity index (χ0n) is 21.7. The van der Waals surface area contributed by atoms with Crippen LogP contribution >= 0.6 is 0 Å². The highest BCUT2D eigenvalue weighted by Gasteiger charge is 2.25. The van der Waals surface area contributed by atoms with Gasteiger partial charge in [0.15, 0.2) is 0 Å². The molecule has 0 bridgehead atoms. The molecule has 0 fully saturated rings. The van der Waals surface area contributed by atoms with Crippen molar-refractivity contribution in [2.45, 2.75) is 26.7 Å².